The van der Waals surface area contributed by atoms with Crippen LogP contribution in [0, 0.1) is 10.1 Å². The van der Waals surface area contributed by atoms with Gasteiger partial charge in [-0.25, -0.2) is 5.43 Å². The van der Waals surface area contributed by atoms with Crippen LogP contribution in [-0.4, -0.2) is 26.8 Å². The Hall–Kier alpha value is -3.83. The second kappa shape index (κ2) is 11.7. The number of benzene rings is 3. The molecule has 0 atom stereocenters. The zero-order chi connectivity index (χ0) is 25.5. The summed E-state index contributed by atoms with van der Waals surface area (Å²) in [5, 5.41) is 19.6. The predicted molar refractivity (Wildman–Crippen MR) is 142 cm³/mol. The third-order valence-electron chi connectivity index (χ3n) is 4.98. The molecule has 0 spiro atoms. The maximum absolute atomic E-state index is 12.7. The second-order valence-corrected chi connectivity index (χ2v) is 9.43. The van der Waals surface area contributed by atoms with Crippen LogP contribution in [-0.2, 0) is 13.2 Å². The molecule has 1 aromatic heterocycles. The quantitative estimate of drug-likeness (QED) is 0.148. The highest BCUT2D eigenvalue weighted by Gasteiger charge is 2.25. The van der Waals surface area contributed by atoms with E-state index in [0.717, 1.165) is 20.1 Å². The number of nitrogens with one attached hydrogen (secondary N) is 1. The monoisotopic (exact) mass is 611 g/mol. The fourth-order valence-corrected chi connectivity index (χ4v) is 3.99. The number of hydrazone groups is 1. The summed E-state index contributed by atoms with van der Waals surface area (Å²) < 4.78 is 9.10. The van der Waals surface area contributed by atoms with E-state index in [1.54, 1.807) is 12.1 Å². The van der Waals surface area contributed by atoms with Crippen molar-refractivity contribution in [1.82, 2.24) is 15.2 Å². The maximum atomic E-state index is 12.7. The summed E-state index contributed by atoms with van der Waals surface area (Å²) in [6.45, 7) is 0.617. The van der Waals surface area contributed by atoms with Crippen molar-refractivity contribution in [1.29, 1.82) is 0 Å². The van der Waals surface area contributed by atoms with Crippen molar-refractivity contribution in [2.45, 2.75) is 13.2 Å². The summed E-state index contributed by atoms with van der Waals surface area (Å²) in [5.74, 6) is -0.220. The lowest BCUT2D eigenvalue weighted by Crippen LogP contribution is -2.20. The minimum absolute atomic E-state index is 0.264. The maximum Gasteiger partial charge on any atom is 0.320 e. The molecular formula is C25H19Br2N5O4. The Morgan fingerprint density at radius 2 is 1.83 bits per heavy atom. The predicted octanol–water partition coefficient (Wildman–Crippen LogP) is 5.71. The van der Waals surface area contributed by atoms with Gasteiger partial charge in [0.15, 0.2) is 0 Å². The number of hydrogen-bond donors (Lipinski definition) is 1. The van der Waals surface area contributed by atoms with E-state index in [0.29, 0.717) is 17.9 Å². The van der Waals surface area contributed by atoms with E-state index in [1.165, 1.54) is 17.1 Å². The number of ether oxygens (including phenoxy) is 1. The molecule has 1 amide bonds. The number of carbonyl (C=O) groups excluding carboxylic acids is 1. The summed E-state index contributed by atoms with van der Waals surface area (Å²) in [4.78, 5) is 23.5. The van der Waals surface area contributed by atoms with Crippen LogP contribution in [0.4, 0.5) is 5.69 Å². The molecule has 0 saturated heterocycles. The lowest BCUT2D eigenvalue weighted by Gasteiger charge is -2.09. The molecule has 0 bridgehead atoms. The van der Waals surface area contributed by atoms with E-state index in [9.17, 15) is 14.9 Å². The molecule has 0 saturated carbocycles. The van der Waals surface area contributed by atoms with E-state index >= 15 is 0 Å². The SMILES string of the molecule is O=C(N/N=C/c1ccccc1OCc1ccc(Br)cc1)c1nn(Cc2cccc(Br)c2)cc1[N+](=O)[O-]. The standard InChI is InChI=1S/C25H19Br2N5O4/c26-20-10-8-17(9-11-20)16-36-23-7-2-1-5-19(23)13-28-29-25(33)24-22(32(34)35)15-31(30-24)14-18-4-3-6-21(27)12-18/h1-13,15H,14,16H2,(H,29,33)/b28-13+. The van der Waals surface area contributed by atoms with Crippen LogP contribution in [0.2, 0.25) is 0 Å². The molecule has 0 radical (unpaired) electrons. The Morgan fingerprint density at radius 1 is 1.06 bits per heavy atom. The topological polar surface area (TPSA) is 112 Å². The molecule has 9 nitrogen and oxygen atoms in total. The number of hydrogen-bond acceptors (Lipinski definition) is 6. The van der Waals surface area contributed by atoms with Gasteiger partial charge < -0.3 is 4.74 Å². The molecule has 0 aliphatic rings. The molecule has 4 aromatic rings. The van der Waals surface area contributed by atoms with Crippen molar-refractivity contribution in [3.8, 4) is 5.75 Å². The number of halogens is 2. The normalized spacial score (nSPS) is 10.9. The van der Waals surface area contributed by atoms with Gasteiger partial charge >= 0.3 is 5.69 Å². The van der Waals surface area contributed by atoms with E-state index in [4.69, 9.17) is 4.74 Å². The van der Waals surface area contributed by atoms with Crippen LogP contribution in [0.3, 0.4) is 0 Å². The Bertz CT molecular complexity index is 1420. The fourth-order valence-electron chi connectivity index (χ4n) is 3.28. The van der Waals surface area contributed by atoms with Gasteiger partial charge in [0.05, 0.1) is 17.7 Å². The van der Waals surface area contributed by atoms with Crippen molar-refractivity contribution < 1.29 is 14.5 Å². The first kappa shape index (κ1) is 25.3. The molecule has 11 heteroatoms. The summed E-state index contributed by atoms with van der Waals surface area (Å²) in [6, 6.07) is 22.4. The van der Waals surface area contributed by atoms with Crippen molar-refractivity contribution in [2.24, 2.45) is 5.10 Å². The lowest BCUT2D eigenvalue weighted by atomic mass is 10.2. The Balaban J connectivity index is 1.44. The van der Waals surface area contributed by atoms with Gasteiger partial charge in [-0.15, -0.1) is 0 Å². The highest BCUT2D eigenvalue weighted by Crippen LogP contribution is 2.20. The van der Waals surface area contributed by atoms with Gasteiger partial charge in [-0.3, -0.25) is 19.6 Å². The average Bonchev–Trinajstić information content (AvgIpc) is 3.29. The molecule has 182 valence electrons. The van der Waals surface area contributed by atoms with Gasteiger partial charge in [-0.2, -0.15) is 10.2 Å². The Labute approximate surface area is 223 Å². The van der Waals surface area contributed by atoms with Crippen molar-refractivity contribution in [2.75, 3.05) is 0 Å². The lowest BCUT2D eigenvalue weighted by molar-refractivity contribution is -0.385. The molecule has 1 heterocycles. The molecule has 0 fully saturated rings. The highest BCUT2D eigenvalue weighted by molar-refractivity contribution is 9.10. The van der Waals surface area contributed by atoms with Gasteiger partial charge in [0.2, 0.25) is 5.69 Å². The summed E-state index contributed by atoms with van der Waals surface area (Å²) >= 11 is 6.79. The number of nitro groups is 1. The van der Waals surface area contributed by atoms with Crippen molar-refractivity contribution in [3.63, 3.8) is 0 Å². The van der Waals surface area contributed by atoms with Gasteiger partial charge in [0.25, 0.3) is 5.91 Å². The van der Waals surface area contributed by atoms with Gasteiger partial charge in [0.1, 0.15) is 18.6 Å². The molecule has 0 aliphatic carbocycles. The van der Waals surface area contributed by atoms with E-state index in [1.807, 2.05) is 60.7 Å². The van der Waals surface area contributed by atoms with Crippen LogP contribution in [0.25, 0.3) is 0 Å². The van der Waals surface area contributed by atoms with Gasteiger partial charge in [-0.05, 0) is 47.5 Å². The van der Waals surface area contributed by atoms with Crippen LogP contribution >= 0.6 is 31.9 Å². The first-order valence-electron chi connectivity index (χ1n) is 10.6. The zero-order valence-corrected chi connectivity index (χ0v) is 21.8. The number of carbonyl (C=O) groups is 1. The second-order valence-electron chi connectivity index (χ2n) is 7.60. The summed E-state index contributed by atoms with van der Waals surface area (Å²) in [5.41, 5.74) is 4.07. The van der Waals surface area contributed by atoms with Crippen molar-refractivity contribution in [3.05, 3.63) is 120 Å². The number of para-hydroxylation sites is 1. The minimum atomic E-state index is -0.792. The fraction of sp³-hybridized carbons (Fsp3) is 0.0800. The number of amides is 1. The first-order valence-corrected chi connectivity index (χ1v) is 12.2. The molecule has 1 N–H and O–H groups in total. The van der Waals surface area contributed by atoms with Gasteiger partial charge in [-0.1, -0.05) is 68.3 Å². The van der Waals surface area contributed by atoms with Crippen LogP contribution in [0.1, 0.15) is 27.2 Å². The smallest absolute Gasteiger partial charge is 0.320 e. The van der Waals surface area contributed by atoms with Crippen molar-refractivity contribution >= 4 is 49.7 Å². The highest BCUT2D eigenvalue weighted by atomic mass is 79.9. The molecular weight excluding hydrogens is 594 g/mol. The Kier molecular flexibility index (Phi) is 8.24. The van der Waals surface area contributed by atoms with Gasteiger partial charge in [0, 0.05) is 14.5 Å². The molecule has 0 unspecified atom stereocenters. The molecule has 36 heavy (non-hydrogen) atoms. The van der Waals surface area contributed by atoms with Crippen LogP contribution in [0.5, 0.6) is 5.75 Å². The molecule has 4 rings (SSSR count). The van der Waals surface area contributed by atoms with E-state index < -0.39 is 16.5 Å². The minimum Gasteiger partial charge on any atom is -0.488 e. The first-order chi connectivity index (χ1) is 17.4. The van der Waals surface area contributed by atoms with E-state index in [2.05, 4.69) is 47.5 Å². The third-order valence-corrected chi connectivity index (χ3v) is 6.01. The number of rotatable bonds is 9. The average molecular weight is 613 g/mol. The molecule has 0 aliphatic heterocycles. The number of nitrogens with zero attached hydrogens (tertiary/aromatic N) is 4. The molecule has 3 aromatic carbocycles. The summed E-state index contributed by atoms with van der Waals surface area (Å²) in [6.07, 6.45) is 2.64. The third kappa shape index (κ3) is 6.64. The zero-order valence-electron chi connectivity index (χ0n) is 18.7. The van der Waals surface area contributed by atoms with Crippen LogP contribution in [0.15, 0.2) is 93.0 Å². The Morgan fingerprint density at radius 3 is 2.58 bits per heavy atom. The summed E-state index contributed by atoms with van der Waals surface area (Å²) in [7, 11) is 0. The largest absolute Gasteiger partial charge is 0.488 e. The van der Waals surface area contributed by atoms with E-state index in [-0.39, 0.29) is 12.2 Å². The number of aromatic nitrogens is 2. The van der Waals surface area contributed by atoms with Crippen LogP contribution < -0.4 is 10.2 Å².